The molecule has 112 valence electrons. The molecule has 0 spiro atoms. The maximum absolute atomic E-state index is 6.14. The molecule has 2 nitrogen and oxygen atoms in total. The molecule has 5 heteroatoms. The van der Waals surface area contributed by atoms with E-state index in [0.717, 1.165) is 11.1 Å². The molecule has 2 aromatic carbocycles. The molecule has 0 amide bonds. The topological polar surface area (TPSA) is 18.5 Å². The van der Waals surface area contributed by atoms with Gasteiger partial charge in [-0.05, 0) is 31.2 Å². The second kappa shape index (κ2) is 7.79. The van der Waals surface area contributed by atoms with Gasteiger partial charge < -0.3 is 9.47 Å². The van der Waals surface area contributed by atoms with Gasteiger partial charge in [0, 0.05) is 21.2 Å². The SMILES string of the molecule is CCOc1cccc(CCl)c1OCc1cc(Cl)ccc1Cl. The number of ether oxygens (including phenoxy) is 2. The molecular formula is C16H15Cl3O2. The molecule has 0 saturated heterocycles. The third-order valence-electron chi connectivity index (χ3n) is 2.88. The van der Waals surface area contributed by atoms with E-state index < -0.39 is 0 Å². The molecule has 0 aliphatic rings. The van der Waals surface area contributed by atoms with Gasteiger partial charge in [0.25, 0.3) is 0 Å². The average molecular weight is 346 g/mol. The highest BCUT2D eigenvalue weighted by atomic mass is 35.5. The Bertz CT molecular complexity index is 614. The zero-order chi connectivity index (χ0) is 15.2. The monoisotopic (exact) mass is 344 g/mol. The van der Waals surface area contributed by atoms with Gasteiger partial charge in [-0.1, -0.05) is 35.3 Å². The van der Waals surface area contributed by atoms with Crippen molar-refractivity contribution >= 4 is 34.8 Å². The van der Waals surface area contributed by atoms with Crippen LogP contribution in [0.25, 0.3) is 0 Å². The highest BCUT2D eigenvalue weighted by molar-refractivity contribution is 6.33. The molecule has 0 heterocycles. The number of alkyl halides is 1. The van der Waals surface area contributed by atoms with Gasteiger partial charge in [0.2, 0.25) is 0 Å². The average Bonchev–Trinajstić information content (AvgIpc) is 2.49. The number of halogens is 3. The summed E-state index contributed by atoms with van der Waals surface area (Å²) in [7, 11) is 0. The fourth-order valence-corrected chi connectivity index (χ4v) is 2.48. The maximum atomic E-state index is 6.14. The second-order valence-corrected chi connectivity index (χ2v) is 5.45. The van der Waals surface area contributed by atoms with Crippen LogP contribution >= 0.6 is 34.8 Å². The van der Waals surface area contributed by atoms with E-state index in [1.165, 1.54) is 0 Å². The summed E-state index contributed by atoms with van der Waals surface area (Å²) in [6, 6.07) is 10.9. The molecule has 0 fully saturated rings. The standard InChI is InChI=1S/C16H15Cl3O2/c1-2-20-15-5-3-4-11(9-17)16(15)21-10-12-8-13(18)6-7-14(12)19/h3-8H,2,9-10H2,1H3. The van der Waals surface area contributed by atoms with Crippen LogP contribution in [0.2, 0.25) is 10.0 Å². The van der Waals surface area contributed by atoms with E-state index in [2.05, 4.69) is 0 Å². The maximum Gasteiger partial charge on any atom is 0.166 e. The number of hydrogen-bond donors (Lipinski definition) is 0. The van der Waals surface area contributed by atoms with Crippen LogP contribution in [-0.2, 0) is 12.5 Å². The lowest BCUT2D eigenvalue weighted by Gasteiger charge is -2.15. The Morgan fingerprint density at radius 3 is 2.52 bits per heavy atom. The number of hydrogen-bond acceptors (Lipinski definition) is 2. The molecular weight excluding hydrogens is 331 g/mol. The van der Waals surface area contributed by atoms with Crippen LogP contribution in [0.15, 0.2) is 36.4 Å². The van der Waals surface area contributed by atoms with E-state index in [-0.39, 0.29) is 0 Å². The summed E-state index contributed by atoms with van der Waals surface area (Å²) in [4.78, 5) is 0. The van der Waals surface area contributed by atoms with Gasteiger partial charge in [0.1, 0.15) is 6.61 Å². The van der Waals surface area contributed by atoms with Crippen LogP contribution in [0.4, 0.5) is 0 Å². The molecule has 0 saturated carbocycles. The first-order valence-corrected chi connectivity index (χ1v) is 7.82. The van der Waals surface area contributed by atoms with Crippen molar-refractivity contribution in [3.05, 3.63) is 57.6 Å². The lowest BCUT2D eigenvalue weighted by atomic mass is 10.2. The van der Waals surface area contributed by atoms with Crippen molar-refractivity contribution in [1.29, 1.82) is 0 Å². The lowest BCUT2D eigenvalue weighted by Crippen LogP contribution is -2.02. The molecule has 0 aromatic heterocycles. The van der Waals surface area contributed by atoms with Crippen molar-refractivity contribution in [3.8, 4) is 11.5 Å². The van der Waals surface area contributed by atoms with Crippen molar-refractivity contribution in [1.82, 2.24) is 0 Å². The second-order valence-electron chi connectivity index (χ2n) is 4.34. The summed E-state index contributed by atoms with van der Waals surface area (Å²) in [6.07, 6.45) is 0. The minimum Gasteiger partial charge on any atom is -0.490 e. The zero-order valence-electron chi connectivity index (χ0n) is 11.5. The van der Waals surface area contributed by atoms with Gasteiger partial charge in [0.15, 0.2) is 11.5 Å². The summed E-state index contributed by atoms with van der Waals surface area (Å²) >= 11 is 18.1. The molecule has 0 atom stereocenters. The lowest BCUT2D eigenvalue weighted by molar-refractivity contribution is 0.267. The van der Waals surface area contributed by atoms with Gasteiger partial charge in [-0.15, -0.1) is 11.6 Å². The minimum absolute atomic E-state index is 0.299. The summed E-state index contributed by atoms with van der Waals surface area (Å²) in [5, 5.41) is 1.23. The molecule has 0 aliphatic heterocycles. The molecule has 0 radical (unpaired) electrons. The van der Waals surface area contributed by atoms with Gasteiger partial charge in [0.05, 0.1) is 12.5 Å². The van der Waals surface area contributed by atoms with Crippen molar-refractivity contribution in [2.45, 2.75) is 19.4 Å². The molecule has 0 N–H and O–H groups in total. The quantitative estimate of drug-likeness (QED) is 0.624. The molecule has 0 aliphatic carbocycles. The summed E-state index contributed by atoms with van der Waals surface area (Å²) in [6.45, 7) is 2.78. The number of para-hydroxylation sites is 1. The Labute approximate surface area is 139 Å². The van der Waals surface area contributed by atoms with Crippen LogP contribution in [0.1, 0.15) is 18.1 Å². The van der Waals surface area contributed by atoms with E-state index in [9.17, 15) is 0 Å². The van der Waals surface area contributed by atoms with E-state index in [1.54, 1.807) is 18.2 Å². The van der Waals surface area contributed by atoms with Gasteiger partial charge in [-0.2, -0.15) is 0 Å². The molecule has 21 heavy (non-hydrogen) atoms. The fraction of sp³-hybridized carbons (Fsp3) is 0.250. The van der Waals surface area contributed by atoms with Gasteiger partial charge in [-0.3, -0.25) is 0 Å². The van der Waals surface area contributed by atoms with Crippen molar-refractivity contribution in [2.24, 2.45) is 0 Å². The summed E-state index contributed by atoms with van der Waals surface area (Å²) < 4.78 is 11.5. The highest BCUT2D eigenvalue weighted by Gasteiger charge is 2.12. The predicted molar refractivity (Wildman–Crippen MR) is 88.0 cm³/mol. The van der Waals surface area contributed by atoms with E-state index in [0.29, 0.717) is 40.6 Å². The first-order chi connectivity index (χ1) is 10.2. The summed E-state index contributed by atoms with van der Waals surface area (Å²) in [5.41, 5.74) is 1.69. The molecule has 2 rings (SSSR count). The Kier molecular flexibility index (Phi) is 6.04. The molecule has 0 bridgehead atoms. The molecule has 0 unspecified atom stereocenters. The highest BCUT2D eigenvalue weighted by Crippen LogP contribution is 2.33. The fourth-order valence-electron chi connectivity index (χ4n) is 1.90. The largest absolute Gasteiger partial charge is 0.490 e. The Balaban J connectivity index is 2.24. The Hall–Kier alpha value is -1.09. The smallest absolute Gasteiger partial charge is 0.166 e. The first-order valence-electron chi connectivity index (χ1n) is 6.53. The van der Waals surface area contributed by atoms with Crippen molar-refractivity contribution in [3.63, 3.8) is 0 Å². The van der Waals surface area contributed by atoms with Crippen molar-refractivity contribution in [2.75, 3.05) is 6.61 Å². The van der Waals surface area contributed by atoms with E-state index in [4.69, 9.17) is 44.3 Å². The zero-order valence-corrected chi connectivity index (χ0v) is 13.8. The van der Waals surface area contributed by atoms with E-state index >= 15 is 0 Å². The number of rotatable bonds is 6. The third-order valence-corrected chi connectivity index (χ3v) is 3.78. The van der Waals surface area contributed by atoms with Crippen LogP contribution in [-0.4, -0.2) is 6.61 Å². The van der Waals surface area contributed by atoms with Gasteiger partial charge >= 0.3 is 0 Å². The first kappa shape index (κ1) is 16.3. The number of benzene rings is 2. The normalized spacial score (nSPS) is 10.5. The van der Waals surface area contributed by atoms with Crippen LogP contribution in [0, 0.1) is 0 Å². The van der Waals surface area contributed by atoms with Crippen LogP contribution in [0.5, 0.6) is 11.5 Å². The van der Waals surface area contributed by atoms with Crippen LogP contribution < -0.4 is 9.47 Å². The third kappa shape index (κ3) is 4.19. The van der Waals surface area contributed by atoms with Crippen LogP contribution in [0.3, 0.4) is 0 Å². The molecule has 2 aromatic rings. The van der Waals surface area contributed by atoms with Gasteiger partial charge in [-0.25, -0.2) is 0 Å². The van der Waals surface area contributed by atoms with E-state index in [1.807, 2.05) is 25.1 Å². The Morgan fingerprint density at radius 1 is 1.00 bits per heavy atom. The van der Waals surface area contributed by atoms with Crippen molar-refractivity contribution < 1.29 is 9.47 Å². The predicted octanol–water partition coefficient (Wildman–Crippen LogP) is 5.71. The minimum atomic E-state index is 0.299. The summed E-state index contributed by atoms with van der Waals surface area (Å²) in [5.74, 6) is 1.67. The Morgan fingerprint density at radius 2 is 1.81 bits per heavy atom.